The van der Waals surface area contributed by atoms with Crippen LogP contribution in [-0.4, -0.2) is 0 Å². The maximum absolute atomic E-state index is 5.75. The van der Waals surface area contributed by atoms with Gasteiger partial charge in [-0.15, -0.1) is 0 Å². The van der Waals surface area contributed by atoms with E-state index >= 15 is 0 Å². The van der Waals surface area contributed by atoms with E-state index in [0.29, 0.717) is 0 Å². The van der Waals surface area contributed by atoms with Crippen LogP contribution >= 0.6 is 37.2 Å². The van der Waals surface area contributed by atoms with Gasteiger partial charge in [-0.1, -0.05) is 14.8 Å². The molecular weight excluding hydrogens is 417 g/mol. The molecule has 0 heterocycles. The molecule has 0 aliphatic heterocycles. The summed E-state index contributed by atoms with van der Waals surface area (Å²) in [6, 6.07) is 0. The Labute approximate surface area is 108 Å². The molecule has 0 N–H and O–H groups in total. The summed E-state index contributed by atoms with van der Waals surface area (Å²) in [6.07, 6.45) is 0. The normalized spacial score (nSPS) is 3.33. The van der Waals surface area contributed by atoms with Gasteiger partial charge in [-0.2, -0.15) is 6.92 Å². The van der Waals surface area contributed by atoms with Crippen molar-refractivity contribution in [2.24, 2.45) is 0 Å². The van der Waals surface area contributed by atoms with E-state index in [9.17, 15) is 0 Å². The molecule has 0 spiro atoms. The zero-order valence-electron chi connectivity index (χ0n) is 7.73. The predicted molar refractivity (Wildman–Crippen MR) is 67.3 cm³/mol. The molecule has 0 aliphatic rings. The van der Waals surface area contributed by atoms with E-state index in [1.54, 1.807) is 6.92 Å². The summed E-state index contributed by atoms with van der Waals surface area (Å²) in [5, 5.41) is 0. The van der Waals surface area contributed by atoms with E-state index in [-0.39, 0.29) is 18.6 Å². The molecular formula is C4H13I2S2V-. The fraction of sp³-hybridized carbons (Fsp3) is 0.750. The van der Waals surface area contributed by atoms with Crippen molar-refractivity contribution >= 4 is 59.6 Å². The van der Waals surface area contributed by atoms with Crippen molar-refractivity contribution in [3.05, 3.63) is 6.92 Å². The van der Waals surface area contributed by atoms with Crippen LogP contribution in [0.4, 0.5) is 0 Å². The first-order valence-electron chi connectivity index (χ1n) is 3.02. The van der Waals surface area contributed by atoms with Gasteiger partial charge in [0.1, 0.15) is 0 Å². The van der Waals surface area contributed by atoms with Gasteiger partial charge >= 0.3 is 0 Å². The number of rotatable bonds is 0. The van der Waals surface area contributed by atoms with Crippen LogP contribution in [0, 0.1) is 6.92 Å². The van der Waals surface area contributed by atoms with E-state index in [1.165, 1.54) is 14.8 Å². The third-order valence-electron chi connectivity index (χ3n) is 0. The maximum Gasteiger partial charge on any atom is 0.0194 e. The van der Waals surface area contributed by atoms with Gasteiger partial charge in [0.05, 0.1) is 0 Å². The average molecular weight is 434 g/mol. The van der Waals surface area contributed by atoms with Crippen LogP contribution in [0.5, 0.6) is 0 Å². The van der Waals surface area contributed by atoms with Crippen LogP contribution < -0.4 is 0 Å². The Bertz CT molecular complexity index is 24.1. The molecule has 1 radical (unpaired) electrons. The van der Waals surface area contributed by atoms with E-state index < -0.39 is 0 Å². The van der Waals surface area contributed by atoms with Crippen molar-refractivity contribution in [3.8, 4) is 0 Å². The molecule has 5 heteroatoms. The fourth-order valence-electron chi connectivity index (χ4n) is 0. The van der Waals surface area contributed by atoms with Crippen LogP contribution in [0.3, 0.4) is 0 Å². The van der Waals surface area contributed by atoms with Crippen molar-refractivity contribution in [1.29, 1.82) is 0 Å². The van der Waals surface area contributed by atoms with E-state index in [4.69, 9.17) is 2.74 Å². The van der Waals surface area contributed by atoms with Crippen LogP contribution in [0.25, 0.3) is 0 Å². The molecule has 0 aromatic rings. The third-order valence-corrected chi connectivity index (χ3v) is 0. The van der Waals surface area contributed by atoms with Crippen molar-refractivity contribution < 1.29 is 21.3 Å². The van der Waals surface area contributed by atoms with Gasteiger partial charge in [-0.25, -0.2) is 0 Å². The minimum absolute atomic E-state index is 0. The van der Waals surface area contributed by atoms with E-state index in [2.05, 4.69) is 66.5 Å². The van der Waals surface area contributed by atoms with Crippen molar-refractivity contribution in [3.63, 3.8) is 0 Å². The van der Waals surface area contributed by atoms with Crippen LogP contribution in [0.15, 0.2) is 0 Å². The predicted octanol–water partition coefficient (Wildman–Crippen LogP) is 3.88. The minimum atomic E-state index is 0. The van der Waals surface area contributed by atoms with Crippen LogP contribution in [-0.2, 0) is 40.9 Å². The van der Waals surface area contributed by atoms with Crippen molar-refractivity contribution in [2.75, 3.05) is 0 Å². The second-order valence-corrected chi connectivity index (χ2v) is 0. The SMILES string of the molecule is II.S=S.[3H]C.[3H]C.[CH2-]C.[V]. The van der Waals surface area contributed by atoms with Crippen molar-refractivity contribution in [2.45, 2.75) is 21.7 Å². The minimum Gasteiger partial charge on any atom is -0.346 e. The monoisotopic (exact) mass is 434 g/mol. The average Bonchev–Trinajstić information content (AvgIpc) is 2.20. The second-order valence-electron chi connectivity index (χ2n) is 0. The molecule has 0 unspecified atom stereocenters. The quantitative estimate of drug-likeness (QED) is 0.420. The van der Waals surface area contributed by atoms with Gasteiger partial charge in [0.2, 0.25) is 0 Å². The topological polar surface area (TPSA) is 0 Å². The molecule has 0 saturated heterocycles. The molecule has 0 amide bonds. The van der Waals surface area contributed by atoms with E-state index in [1.807, 2.05) is 0 Å². The van der Waals surface area contributed by atoms with Crippen molar-refractivity contribution in [1.82, 2.24) is 0 Å². The van der Waals surface area contributed by atoms with Crippen LogP contribution in [0.1, 0.15) is 24.5 Å². The first-order chi connectivity index (χ1) is 5.00. The second kappa shape index (κ2) is 153. The Balaban J connectivity index is -0.00000000694. The zero-order chi connectivity index (χ0) is 10.0. The molecule has 61 valence electrons. The molecule has 0 saturated carbocycles. The van der Waals surface area contributed by atoms with Crippen LogP contribution in [0.2, 0.25) is 0 Å². The van der Waals surface area contributed by atoms with Gasteiger partial charge < -0.3 is 6.92 Å². The first kappa shape index (κ1) is 22.5. The molecule has 0 bridgehead atoms. The Hall–Kier alpha value is 2.48. The standard InChI is InChI=1S/C2H5.2CH4.I2.S2.V/c1-2;;;2*1-2;/h1H2,2H3;2*1H4;;;/q-1;;;;;/i;2*1T;;;. The zero-order valence-corrected chi connectivity index (χ0v) is 13.1. The summed E-state index contributed by atoms with van der Waals surface area (Å²) in [5.74, 6) is 0. The number of hydrogen-bond donors (Lipinski definition) is 0. The third kappa shape index (κ3) is 122. The molecule has 0 aromatic carbocycles. The Morgan fingerprint density at radius 2 is 1.22 bits per heavy atom. The van der Waals surface area contributed by atoms with Gasteiger partial charge in [-0.3, -0.25) is 0 Å². The summed E-state index contributed by atoms with van der Waals surface area (Å²) in [6.45, 7) is 5.00. The van der Waals surface area contributed by atoms with Gasteiger partial charge in [-0.05, 0) is 0 Å². The maximum atomic E-state index is 5.75. The summed E-state index contributed by atoms with van der Waals surface area (Å²) in [4.78, 5) is 0. The molecule has 0 rings (SSSR count). The molecule has 9 heavy (non-hydrogen) atoms. The molecule has 0 atom stereocenters. The molecule has 0 fully saturated rings. The first-order valence-corrected chi connectivity index (χ1v) is 8.64. The Kier molecular flexibility index (Phi) is 383. The van der Waals surface area contributed by atoms with Gasteiger partial charge in [0.15, 0.2) is 0 Å². The number of halogens is 2. The fourth-order valence-corrected chi connectivity index (χ4v) is 0. The van der Waals surface area contributed by atoms with Gasteiger partial charge in [0, 0.05) is 80.9 Å². The van der Waals surface area contributed by atoms with E-state index in [0.717, 1.165) is 0 Å². The summed E-state index contributed by atoms with van der Waals surface area (Å²) < 4.78 is 11.5. The Morgan fingerprint density at radius 3 is 1.22 bits per heavy atom. The van der Waals surface area contributed by atoms with Gasteiger partial charge in [0.25, 0.3) is 0 Å². The summed E-state index contributed by atoms with van der Waals surface area (Å²) in [7, 11) is 2.50. The molecule has 0 aromatic heterocycles. The number of hydrogen-bond acceptors (Lipinski definition) is 2. The summed E-state index contributed by atoms with van der Waals surface area (Å²) >= 11 is 11.6. The molecule has 0 aliphatic carbocycles. The largest absolute Gasteiger partial charge is 0.346 e. The molecule has 0 nitrogen and oxygen atoms in total. The Morgan fingerprint density at radius 1 is 1.22 bits per heavy atom. The summed E-state index contributed by atoms with van der Waals surface area (Å²) in [5.41, 5.74) is 0. The smallest absolute Gasteiger partial charge is 0.0194 e.